The lowest BCUT2D eigenvalue weighted by Gasteiger charge is -2.12. The van der Waals surface area contributed by atoms with Crippen LogP contribution in [0.15, 0.2) is 36.4 Å². The first-order chi connectivity index (χ1) is 7.59. The standard InChI is InChI=1S/C15H15F/c1-10-8-11(2)15(12(3)9-10)13-6-4-5-7-14(13)16/h4-9H,1-3H3. The normalized spacial score (nSPS) is 10.5. The van der Waals surface area contributed by atoms with Gasteiger partial charge in [-0.05, 0) is 43.5 Å². The summed E-state index contributed by atoms with van der Waals surface area (Å²) in [5.41, 5.74) is 5.18. The molecule has 0 saturated carbocycles. The molecule has 0 aliphatic rings. The van der Waals surface area contributed by atoms with Gasteiger partial charge >= 0.3 is 0 Å². The van der Waals surface area contributed by atoms with Crippen LogP contribution < -0.4 is 0 Å². The molecule has 2 aromatic rings. The monoisotopic (exact) mass is 214 g/mol. The molecule has 0 radical (unpaired) electrons. The van der Waals surface area contributed by atoms with Crippen LogP contribution in [0.3, 0.4) is 0 Å². The molecule has 0 N–H and O–H groups in total. The summed E-state index contributed by atoms with van der Waals surface area (Å²) in [5.74, 6) is -0.155. The molecule has 0 saturated heterocycles. The highest BCUT2D eigenvalue weighted by molar-refractivity contribution is 5.71. The molecule has 0 bridgehead atoms. The fourth-order valence-corrected chi connectivity index (χ4v) is 2.27. The number of halogens is 1. The van der Waals surface area contributed by atoms with Crippen molar-refractivity contribution in [2.24, 2.45) is 0 Å². The molecule has 0 unspecified atom stereocenters. The van der Waals surface area contributed by atoms with Crippen molar-refractivity contribution in [2.75, 3.05) is 0 Å². The van der Waals surface area contributed by atoms with E-state index >= 15 is 0 Å². The highest BCUT2D eigenvalue weighted by Crippen LogP contribution is 2.30. The minimum absolute atomic E-state index is 0.155. The summed E-state index contributed by atoms with van der Waals surface area (Å²) in [6.45, 7) is 6.12. The lowest BCUT2D eigenvalue weighted by molar-refractivity contribution is 0.631. The number of benzene rings is 2. The molecule has 0 fully saturated rings. The summed E-state index contributed by atoms with van der Waals surface area (Å²) in [6, 6.07) is 11.1. The van der Waals surface area contributed by atoms with Crippen LogP contribution in [0.4, 0.5) is 4.39 Å². The van der Waals surface area contributed by atoms with Crippen molar-refractivity contribution in [3.05, 3.63) is 58.9 Å². The number of hydrogen-bond donors (Lipinski definition) is 0. The third-order valence-electron chi connectivity index (χ3n) is 2.82. The Balaban J connectivity index is 2.70. The van der Waals surface area contributed by atoms with Gasteiger partial charge in [-0.15, -0.1) is 0 Å². The Morgan fingerprint density at radius 2 is 1.44 bits per heavy atom. The maximum absolute atomic E-state index is 13.7. The predicted molar refractivity (Wildman–Crippen MR) is 66.0 cm³/mol. The molecule has 0 spiro atoms. The van der Waals surface area contributed by atoms with Crippen molar-refractivity contribution >= 4 is 0 Å². The molecular weight excluding hydrogens is 199 g/mol. The van der Waals surface area contributed by atoms with Crippen molar-refractivity contribution in [1.82, 2.24) is 0 Å². The van der Waals surface area contributed by atoms with Crippen LogP contribution in [0.5, 0.6) is 0 Å². The Hall–Kier alpha value is -1.63. The lowest BCUT2D eigenvalue weighted by Crippen LogP contribution is -1.92. The van der Waals surface area contributed by atoms with E-state index in [-0.39, 0.29) is 5.82 Å². The maximum Gasteiger partial charge on any atom is 0.131 e. The SMILES string of the molecule is Cc1cc(C)c(-c2ccccc2F)c(C)c1. The zero-order chi connectivity index (χ0) is 11.7. The van der Waals surface area contributed by atoms with Crippen molar-refractivity contribution in [1.29, 1.82) is 0 Å². The summed E-state index contributed by atoms with van der Waals surface area (Å²) >= 11 is 0. The minimum atomic E-state index is -0.155. The first-order valence-corrected chi connectivity index (χ1v) is 5.42. The molecule has 2 aromatic carbocycles. The third kappa shape index (κ3) is 1.85. The molecule has 0 aliphatic carbocycles. The highest BCUT2D eigenvalue weighted by Gasteiger charge is 2.09. The zero-order valence-electron chi connectivity index (χ0n) is 9.84. The summed E-state index contributed by atoms with van der Waals surface area (Å²) in [6.07, 6.45) is 0. The van der Waals surface area contributed by atoms with Crippen molar-refractivity contribution in [2.45, 2.75) is 20.8 Å². The fraction of sp³-hybridized carbons (Fsp3) is 0.200. The first kappa shape index (κ1) is 10.9. The van der Waals surface area contributed by atoms with E-state index in [2.05, 4.69) is 19.1 Å². The Labute approximate surface area is 95.7 Å². The van der Waals surface area contributed by atoms with E-state index < -0.39 is 0 Å². The van der Waals surface area contributed by atoms with E-state index in [0.29, 0.717) is 5.56 Å². The van der Waals surface area contributed by atoms with Gasteiger partial charge in [-0.25, -0.2) is 4.39 Å². The largest absolute Gasteiger partial charge is 0.206 e. The van der Waals surface area contributed by atoms with Crippen molar-refractivity contribution < 1.29 is 4.39 Å². The molecule has 82 valence electrons. The molecule has 1 heteroatoms. The molecule has 0 aliphatic heterocycles. The summed E-state index contributed by atoms with van der Waals surface area (Å²) in [7, 11) is 0. The average Bonchev–Trinajstić information content (AvgIpc) is 2.19. The predicted octanol–water partition coefficient (Wildman–Crippen LogP) is 4.42. The van der Waals surface area contributed by atoms with Gasteiger partial charge in [-0.3, -0.25) is 0 Å². The molecule has 16 heavy (non-hydrogen) atoms. The average molecular weight is 214 g/mol. The molecule has 0 aromatic heterocycles. The van der Waals surface area contributed by atoms with E-state index in [1.165, 1.54) is 11.6 Å². The number of hydrogen-bond acceptors (Lipinski definition) is 0. The maximum atomic E-state index is 13.7. The number of rotatable bonds is 1. The van der Waals surface area contributed by atoms with E-state index in [4.69, 9.17) is 0 Å². The van der Waals surface area contributed by atoms with E-state index in [9.17, 15) is 4.39 Å². The topological polar surface area (TPSA) is 0 Å². The second-order valence-electron chi connectivity index (χ2n) is 4.25. The Bertz CT molecular complexity index is 504. The quantitative estimate of drug-likeness (QED) is 0.659. The second kappa shape index (κ2) is 4.09. The van der Waals surface area contributed by atoms with Gasteiger partial charge in [0.05, 0.1) is 0 Å². The van der Waals surface area contributed by atoms with Gasteiger partial charge in [0, 0.05) is 5.56 Å². The van der Waals surface area contributed by atoms with Crippen LogP contribution >= 0.6 is 0 Å². The molecular formula is C15H15F. The van der Waals surface area contributed by atoms with Gasteiger partial charge in [0.15, 0.2) is 0 Å². The second-order valence-corrected chi connectivity index (χ2v) is 4.25. The summed E-state index contributed by atoms with van der Waals surface area (Å²) in [4.78, 5) is 0. The van der Waals surface area contributed by atoms with E-state index in [1.807, 2.05) is 26.0 Å². The van der Waals surface area contributed by atoms with E-state index in [1.54, 1.807) is 6.07 Å². The lowest BCUT2D eigenvalue weighted by atomic mass is 9.93. The Morgan fingerprint density at radius 3 is 2.00 bits per heavy atom. The van der Waals surface area contributed by atoms with Crippen molar-refractivity contribution in [3.63, 3.8) is 0 Å². The fourth-order valence-electron chi connectivity index (χ4n) is 2.27. The smallest absolute Gasteiger partial charge is 0.131 e. The molecule has 0 nitrogen and oxygen atoms in total. The van der Waals surface area contributed by atoms with Crippen LogP contribution in [0.1, 0.15) is 16.7 Å². The van der Waals surface area contributed by atoms with Crippen LogP contribution in [-0.2, 0) is 0 Å². The summed E-state index contributed by atoms with van der Waals surface area (Å²) in [5, 5.41) is 0. The van der Waals surface area contributed by atoms with Crippen LogP contribution in [0.25, 0.3) is 11.1 Å². The highest BCUT2D eigenvalue weighted by atomic mass is 19.1. The van der Waals surface area contributed by atoms with Gasteiger partial charge in [0.2, 0.25) is 0 Å². The molecule has 0 amide bonds. The van der Waals surface area contributed by atoms with Crippen LogP contribution in [-0.4, -0.2) is 0 Å². The number of aryl methyl sites for hydroxylation is 3. The van der Waals surface area contributed by atoms with Gasteiger partial charge in [0.25, 0.3) is 0 Å². The zero-order valence-corrected chi connectivity index (χ0v) is 9.84. The molecule has 2 rings (SSSR count). The van der Waals surface area contributed by atoms with Gasteiger partial charge in [-0.1, -0.05) is 35.9 Å². The first-order valence-electron chi connectivity index (χ1n) is 5.42. The van der Waals surface area contributed by atoms with Crippen LogP contribution in [0.2, 0.25) is 0 Å². The van der Waals surface area contributed by atoms with Crippen molar-refractivity contribution in [3.8, 4) is 11.1 Å². The Kier molecular flexibility index (Phi) is 2.78. The van der Waals surface area contributed by atoms with Gasteiger partial charge in [0.1, 0.15) is 5.82 Å². The molecule has 0 heterocycles. The van der Waals surface area contributed by atoms with Crippen LogP contribution in [0, 0.1) is 26.6 Å². The third-order valence-corrected chi connectivity index (χ3v) is 2.82. The summed E-state index contributed by atoms with van der Waals surface area (Å²) < 4.78 is 13.7. The van der Waals surface area contributed by atoms with Gasteiger partial charge in [-0.2, -0.15) is 0 Å². The minimum Gasteiger partial charge on any atom is -0.206 e. The molecule has 0 atom stereocenters. The van der Waals surface area contributed by atoms with Gasteiger partial charge < -0.3 is 0 Å². The van der Waals surface area contributed by atoms with E-state index in [0.717, 1.165) is 16.7 Å². The Morgan fingerprint density at radius 1 is 0.875 bits per heavy atom.